The molecular formula is C17H19NO. The van der Waals surface area contributed by atoms with Gasteiger partial charge in [-0.25, -0.2) is 0 Å². The van der Waals surface area contributed by atoms with Crippen LogP contribution >= 0.6 is 0 Å². The van der Waals surface area contributed by atoms with Gasteiger partial charge in [-0.1, -0.05) is 42.5 Å². The van der Waals surface area contributed by atoms with Crippen LogP contribution in [0.2, 0.25) is 0 Å². The standard InChI is InChI=1S/C17H19NO/c1-12(13-6-3-2-4-7-13)18-16-11-10-15-14(16)8-5-9-17(15)19/h2-9,12,16,18-19H,10-11H2,1H3/t12-,16?/m0/s1. The molecule has 0 saturated heterocycles. The number of phenolic OH excluding ortho intramolecular Hbond substituents is 1. The second-order valence-electron chi connectivity index (χ2n) is 5.24. The van der Waals surface area contributed by atoms with Crippen molar-refractivity contribution in [2.45, 2.75) is 31.8 Å². The van der Waals surface area contributed by atoms with E-state index < -0.39 is 0 Å². The maximum absolute atomic E-state index is 9.87. The van der Waals surface area contributed by atoms with Gasteiger partial charge in [-0.3, -0.25) is 0 Å². The summed E-state index contributed by atoms with van der Waals surface area (Å²) in [6, 6.07) is 17.0. The number of fused-ring (bicyclic) bond motifs is 1. The molecule has 0 spiro atoms. The molecule has 0 bridgehead atoms. The summed E-state index contributed by atoms with van der Waals surface area (Å²) in [6.45, 7) is 2.19. The van der Waals surface area contributed by atoms with Gasteiger partial charge in [0.25, 0.3) is 0 Å². The van der Waals surface area contributed by atoms with Crippen molar-refractivity contribution in [2.24, 2.45) is 0 Å². The summed E-state index contributed by atoms with van der Waals surface area (Å²) in [6.07, 6.45) is 2.02. The lowest BCUT2D eigenvalue weighted by Gasteiger charge is -2.20. The second kappa shape index (κ2) is 5.06. The topological polar surface area (TPSA) is 32.3 Å². The van der Waals surface area contributed by atoms with Gasteiger partial charge in [-0.2, -0.15) is 0 Å². The van der Waals surface area contributed by atoms with Gasteiger partial charge in [0.05, 0.1) is 0 Å². The van der Waals surface area contributed by atoms with Crippen LogP contribution in [-0.2, 0) is 6.42 Å². The number of hydrogen-bond acceptors (Lipinski definition) is 2. The Bertz CT molecular complexity index is 565. The third-order valence-corrected chi connectivity index (χ3v) is 4.00. The monoisotopic (exact) mass is 253 g/mol. The summed E-state index contributed by atoms with van der Waals surface area (Å²) in [5, 5.41) is 13.5. The lowest BCUT2D eigenvalue weighted by molar-refractivity contribution is 0.465. The highest BCUT2D eigenvalue weighted by atomic mass is 16.3. The van der Waals surface area contributed by atoms with E-state index in [1.165, 1.54) is 11.1 Å². The molecule has 1 unspecified atom stereocenters. The van der Waals surface area contributed by atoms with Gasteiger partial charge in [0, 0.05) is 12.1 Å². The third kappa shape index (κ3) is 2.36. The molecule has 1 aliphatic carbocycles. The molecule has 0 radical (unpaired) electrons. The molecule has 0 aliphatic heterocycles. The predicted octanol–water partition coefficient (Wildman–Crippen LogP) is 3.73. The first-order valence-electron chi connectivity index (χ1n) is 6.87. The van der Waals surface area contributed by atoms with Crippen molar-refractivity contribution in [2.75, 3.05) is 0 Å². The molecule has 2 heteroatoms. The molecule has 1 aliphatic rings. The van der Waals surface area contributed by atoms with Crippen LogP contribution in [-0.4, -0.2) is 5.11 Å². The highest BCUT2D eigenvalue weighted by Crippen LogP contribution is 2.37. The number of hydrogen-bond donors (Lipinski definition) is 2. The van der Waals surface area contributed by atoms with E-state index in [2.05, 4.69) is 42.6 Å². The maximum Gasteiger partial charge on any atom is 0.119 e. The van der Waals surface area contributed by atoms with Gasteiger partial charge >= 0.3 is 0 Å². The second-order valence-corrected chi connectivity index (χ2v) is 5.24. The fraction of sp³-hybridized carbons (Fsp3) is 0.294. The highest BCUT2D eigenvalue weighted by molar-refractivity contribution is 5.44. The molecule has 3 rings (SSSR count). The Morgan fingerprint density at radius 1 is 1.11 bits per heavy atom. The van der Waals surface area contributed by atoms with E-state index in [0.29, 0.717) is 17.8 Å². The first-order chi connectivity index (χ1) is 9.25. The molecule has 0 heterocycles. The molecule has 19 heavy (non-hydrogen) atoms. The zero-order valence-corrected chi connectivity index (χ0v) is 11.1. The molecule has 2 N–H and O–H groups in total. The number of aromatic hydroxyl groups is 1. The van der Waals surface area contributed by atoms with Gasteiger partial charge in [0.1, 0.15) is 5.75 Å². The van der Waals surface area contributed by atoms with E-state index in [1.807, 2.05) is 12.1 Å². The van der Waals surface area contributed by atoms with Crippen molar-refractivity contribution in [3.05, 3.63) is 65.2 Å². The van der Waals surface area contributed by atoms with Crippen molar-refractivity contribution in [3.8, 4) is 5.75 Å². The summed E-state index contributed by atoms with van der Waals surface area (Å²) in [4.78, 5) is 0. The van der Waals surface area contributed by atoms with E-state index in [-0.39, 0.29) is 0 Å². The van der Waals surface area contributed by atoms with E-state index in [4.69, 9.17) is 0 Å². The summed E-state index contributed by atoms with van der Waals surface area (Å²) in [5.41, 5.74) is 3.67. The predicted molar refractivity (Wildman–Crippen MR) is 77.2 cm³/mol. The lowest BCUT2D eigenvalue weighted by Crippen LogP contribution is -2.22. The highest BCUT2D eigenvalue weighted by Gasteiger charge is 2.25. The van der Waals surface area contributed by atoms with Crippen LogP contribution in [0.25, 0.3) is 0 Å². The maximum atomic E-state index is 9.87. The molecular weight excluding hydrogens is 234 g/mol. The Morgan fingerprint density at radius 2 is 1.89 bits per heavy atom. The molecule has 2 nitrogen and oxygen atoms in total. The molecule has 98 valence electrons. The molecule has 0 aromatic heterocycles. The zero-order valence-electron chi connectivity index (χ0n) is 11.1. The van der Waals surface area contributed by atoms with Gasteiger partial charge in [-0.15, -0.1) is 0 Å². The van der Waals surface area contributed by atoms with Crippen LogP contribution in [0.15, 0.2) is 48.5 Å². The first-order valence-corrected chi connectivity index (χ1v) is 6.87. The van der Waals surface area contributed by atoms with Gasteiger partial charge in [0.2, 0.25) is 0 Å². The average Bonchev–Trinajstić information content (AvgIpc) is 2.84. The van der Waals surface area contributed by atoms with Crippen LogP contribution < -0.4 is 5.32 Å². The number of benzene rings is 2. The number of nitrogens with one attached hydrogen (secondary N) is 1. The summed E-state index contributed by atoms with van der Waals surface area (Å²) in [7, 11) is 0. The Morgan fingerprint density at radius 3 is 2.68 bits per heavy atom. The smallest absolute Gasteiger partial charge is 0.119 e. The van der Waals surface area contributed by atoms with Gasteiger partial charge in [0.15, 0.2) is 0 Å². The van der Waals surface area contributed by atoms with E-state index in [9.17, 15) is 5.11 Å². The fourth-order valence-corrected chi connectivity index (χ4v) is 2.95. The van der Waals surface area contributed by atoms with E-state index in [0.717, 1.165) is 18.4 Å². The Kier molecular flexibility index (Phi) is 3.26. The van der Waals surface area contributed by atoms with Crippen LogP contribution in [0.4, 0.5) is 0 Å². The van der Waals surface area contributed by atoms with Crippen LogP contribution in [0, 0.1) is 0 Å². The SMILES string of the molecule is C[C@H](NC1CCc2c(O)cccc21)c1ccccc1. The summed E-state index contributed by atoms with van der Waals surface area (Å²) < 4.78 is 0. The molecule has 0 fully saturated rings. The fourth-order valence-electron chi connectivity index (χ4n) is 2.95. The minimum atomic E-state index is 0.319. The Hall–Kier alpha value is -1.80. The van der Waals surface area contributed by atoms with E-state index in [1.54, 1.807) is 6.07 Å². The average molecular weight is 253 g/mol. The molecule has 2 aromatic carbocycles. The summed E-state index contributed by atoms with van der Waals surface area (Å²) in [5.74, 6) is 0.439. The van der Waals surface area contributed by atoms with Crippen LogP contribution in [0.1, 0.15) is 42.1 Å². The lowest BCUT2D eigenvalue weighted by atomic mass is 10.0. The summed E-state index contributed by atoms with van der Waals surface area (Å²) >= 11 is 0. The number of phenols is 1. The van der Waals surface area contributed by atoms with Crippen LogP contribution in [0.5, 0.6) is 5.75 Å². The van der Waals surface area contributed by atoms with Crippen molar-refractivity contribution < 1.29 is 5.11 Å². The van der Waals surface area contributed by atoms with Crippen molar-refractivity contribution >= 4 is 0 Å². The van der Waals surface area contributed by atoms with Gasteiger partial charge < -0.3 is 10.4 Å². The number of rotatable bonds is 3. The first kappa shape index (κ1) is 12.2. The molecule has 2 aromatic rings. The Labute approximate surface area is 114 Å². The zero-order chi connectivity index (χ0) is 13.2. The largest absolute Gasteiger partial charge is 0.508 e. The van der Waals surface area contributed by atoms with Crippen molar-refractivity contribution in [1.82, 2.24) is 5.32 Å². The molecule has 0 saturated carbocycles. The molecule has 2 atom stereocenters. The normalized spacial score (nSPS) is 19.1. The van der Waals surface area contributed by atoms with Crippen molar-refractivity contribution in [3.63, 3.8) is 0 Å². The van der Waals surface area contributed by atoms with Gasteiger partial charge in [-0.05, 0) is 42.5 Å². The van der Waals surface area contributed by atoms with E-state index >= 15 is 0 Å². The minimum absolute atomic E-state index is 0.319. The van der Waals surface area contributed by atoms with Crippen LogP contribution in [0.3, 0.4) is 0 Å². The third-order valence-electron chi connectivity index (χ3n) is 4.00. The molecule has 0 amide bonds. The minimum Gasteiger partial charge on any atom is -0.508 e. The quantitative estimate of drug-likeness (QED) is 0.873. The van der Waals surface area contributed by atoms with Crippen molar-refractivity contribution in [1.29, 1.82) is 0 Å². The Balaban J connectivity index is 1.78.